The van der Waals surface area contributed by atoms with Crippen molar-refractivity contribution in [2.24, 2.45) is 5.92 Å². The lowest BCUT2D eigenvalue weighted by molar-refractivity contribution is -0.143. The molecule has 4 rings (SSSR count). The Hall–Kier alpha value is -2.66. The van der Waals surface area contributed by atoms with Gasteiger partial charge < -0.3 is 14.9 Å². The number of para-hydroxylation sites is 1. The fourth-order valence-corrected chi connectivity index (χ4v) is 4.59. The van der Waals surface area contributed by atoms with E-state index in [0.717, 1.165) is 62.0 Å². The van der Waals surface area contributed by atoms with Gasteiger partial charge in [0, 0.05) is 24.3 Å². The minimum atomic E-state index is -0.695. The second kappa shape index (κ2) is 8.78. The Bertz CT molecular complexity index is 895. The summed E-state index contributed by atoms with van der Waals surface area (Å²) >= 11 is 0. The molecule has 1 N–H and O–H groups in total. The second-order valence-electron chi connectivity index (χ2n) is 8.07. The topological polar surface area (TPSA) is 60.9 Å². The first-order valence-electron chi connectivity index (χ1n) is 10.6. The van der Waals surface area contributed by atoms with Crippen molar-refractivity contribution in [1.82, 2.24) is 4.90 Å². The van der Waals surface area contributed by atoms with Crippen LogP contribution in [-0.2, 0) is 17.6 Å². The number of benzene rings is 2. The highest BCUT2D eigenvalue weighted by molar-refractivity contribution is 6.07. The van der Waals surface area contributed by atoms with Gasteiger partial charge >= 0.3 is 5.97 Å². The SMILES string of the molecule is O=C(O)C1CCCN(CCCN2C(=O)c3ccccc3CCc3ccccc32)C1. The number of carbonyl (C=O) groups excluding carboxylic acids is 1. The Morgan fingerprint density at radius 1 is 1.00 bits per heavy atom. The fraction of sp³-hybridized carbons (Fsp3) is 0.417. The van der Waals surface area contributed by atoms with Gasteiger partial charge in [-0.2, -0.15) is 0 Å². The highest BCUT2D eigenvalue weighted by Crippen LogP contribution is 2.28. The Morgan fingerprint density at radius 2 is 1.72 bits per heavy atom. The maximum absolute atomic E-state index is 13.4. The Balaban J connectivity index is 1.50. The van der Waals surface area contributed by atoms with E-state index in [4.69, 9.17) is 0 Å². The molecule has 152 valence electrons. The summed E-state index contributed by atoms with van der Waals surface area (Å²) in [6.45, 7) is 3.01. The zero-order chi connectivity index (χ0) is 20.2. The average molecular weight is 392 g/mol. The average Bonchev–Trinajstić information content (AvgIpc) is 2.75. The van der Waals surface area contributed by atoms with Crippen LogP contribution < -0.4 is 4.90 Å². The zero-order valence-electron chi connectivity index (χ0n) is 16.7. The number of carboxylic acids is 1. The van der Waals surface area contributed by atoms with Gasteiger partial charge in [-0.15, -0.1) is 0 Å². The standard InChI is InChI=1S/C24H28N2O3/c27-23-21-10-3-1-7-18(21)12-13-19-8-2-4-11-22(19)26(23)16-6-15-25-14-5-9-20(17-25)24(28)29/h1-4,7-8,10-11,20H,5-6,9,12-17H2,(H,28,29). The molecule has 2 aliphatic heterocycles. The van der Waals surface area contributed by atoms with E-state index in [2.05, 4.69) is 17.0 Å². The lowest BCUT2D eigenvalue weighted by atomic mass is 9.95. The van der Waals surface area contributed by atoms with Crippen molar-refractivity contribution in [2.75, 3.05) is 31.1 Å². The number of amides is 1. The number of rotatable bonds is 5. The van der Waals surface area contributed by atoms with Crippen molar-refractivity contribution < 1.29 is 14.7 Å². The largest absolute Gasteiger partial charge is 0.481 e. The minimum Gasteiger partial charge on any atom is -0.481 e. The Morgan fingerprint density at radius 3 is 2.55 bits per heavy atom. The molecule has 0 aromatic heterocycles. The smallest absolute Gasteiger partial charge is 0.307 e. The van der Waals surface area contributed by atoms with Crippen molar-refractivity contribution in [3.8, 4) is 0 Å². The van der Waals surface area contributed by atoms with Gasteiger partial charge in [-0.1, -0.05) is 36.4 Å². The predicted octanol–water partition coefficient (Wildman–Crippen LogP) is 3.62. The molecule has 1 unspecified atom stereocenters. The molecular formula is C24H28N2O3. The van der Waals surface area contributed by atoms with Gasteiger partial charge in [0.05, 0.1) is 5.92 Å². The van der Waals surface area contributed by atoms with Crippen LogP contribution in [0.4, 0.5) is 5.69 Å². The Kier molecular flexibility index (Phi) is 5.95. The molecule has 0 aliphatic carbocycles. The molecule has 0 saturated carbocycles. The van der Waals surface area contributed by atoms with Crippen LogP contribution >= 0.6 is 0 Å². The number of carbonyl (C=O) groups is 2. The summed E-state index contributed by atoms with van der Waals surface area (Å²) in [5, 5.41) is 9.30. The third kappa shape index (κ3) is 4.35. The van der Waals surface area contributed by atoms with Crippen LogP contribution in [0, 0.1) is 5.92 Å². The van der Waals surface area contributed by atoms with Gasteiger partial charge in [-0.25, -0.2) is 0 Å². The van der Waals surface area contributed by atoms with Crippen molar-refractivity contribution >= 4 is 17.6 Å². The molecule has 1 atom stereocenters. The number of aliphatic carboxylic acids is 1. The van der Waals surface area contributed by atoms with E-state index in [1.54, 1.807) is 0 Å². The quantitative estimate of drug-likeness (QED) is 0.844. The first-order valence-corrected chi connectivity index (χ1v) is 10.6. The number of aryl methyl sites for hydroxylation is 2. The number of anilines is 1. The number of carboxylic acid groups (broad SMARTS) is 1. The molecular weight excluding hydrogens is 364 g/mol. The van der Waals surface area contributed by atoms with Gasteiger partial charge in [-0.05, 0) is 68.5 Å². The molecule has 0 spiro atoms. The molecule has 0 bridgehead atoms. The van der Waals surface area contributed by atoms with E-state index in [9.17, 15) is 14.7 Å². The van der Waals surface area contributed by atoms with E-state index in [1.807, 2.05) is 41.3 Å². The van der Waals surface area contributed by atoms with E-state index >= 15 is 0 Å². The molecule has 5 heteroatoms. The molecule has 2 heterocycles. The summed E-state index contributed by atoms with van der Waals surface area (Å²) in [5.74, 6) is -0.895. The van der Waals surface area contributed by atoms with E-state index in [1.165, 1.54) is 5.56 Å². The molecule has 1 saturated heterocycles. The van der Waals surface area contributed by atoms with E-state index in [0.29, 0.717) is 13.1 Å². The van der Waals surface area contributed by atoms with Gasteiger partial charge in [0.2, 0.25) is 0 Å². The van der Waals surface area contributed by atoms with Gasteiger partial charge in [0.1, 0.15) is 0 Å². The van der Waals surface area contributed by atoms with Gasteiger partial charge in [-0.3, -0.25) is 9.59 Å². The van der Waals surface area contributed by atoms with Gasteiger partial charge in [0.15, 0.2) is 0 Å². The van der Waals surface area contributed by atoms with Crippen molar-refractivity contribution in [3.63, 3.8) is 0 Å². The maximum Gasteiger partial charge on any atom is 0.307 e. The van der Waals surface area contributed by atoms with Gasteiger partial charge in [0.25, 0.3) is 5.91 Å². The van der Waals surface area contributed by atoms with E-state index < -0.39 is 5.97 Å². The number of fused-ring (bicyclic) bond motifs is 2. The monoisotopic (exact) mass is 392 g/mol. The van der Waals surface area contributed by atoms with Crippen LogP contribution in [0.25, 0.3) is 0 Å². The minimum absolute atomic E-state index is 0.0646. The summed E-state index contributed by atoms with van der Waals surface area (Å²) in [5.41, 5.74) is 4.12. The molecule has 1 fully saturated rings. The number of nitrogens with zero attached hydrogens (tertiary/aromatic N) is 2. The number of hydrogen-bond acceptors (Lipinski definition) is 3. The Labute approximate surface area is 171 Å². The summed E-state index contributed by atoms with van der Waals surface area (Å²) in [4.78, 5) is 28.9. The van der Waals surface area contributed by atoms with Crippen LogP contribution in [-0.4, -0.2) is 48.1 Å². The molecule has 29 heavy (non-hydrogen) atoms. The van der Waals surface area contributed by atoms with Crippen LogP contribution in [0.15, 0.2) is 48.5 Å². The number of likely N-dealkylation sites (tertiary alicyclic amines) is 1. The second-order valence-corrected chi connectivity index (χ2v) is 8.07. The molecule has 2 aromatic rings. The van der Waals surface area contributed by atoms with Crippen molar-refractivity contribution in [1.29, 1.82) is 0 Å². The molecule has 1 amide bonds. The highest BCUT2D eigenvalue weighted by Gasteiger charge is 2.27. The third-order valence-electron chi connectivity index (χ3n) is 6.15. The maximum atomic E-state index is 13.4. The summed E-state index contributed by atoms with van der Waals surface area (Å²) in [7, 11) is 0. The molecule has 2 aliphatic rings. The molecule has 5 nitrogen and oxygen atoms in total. The van der Waals surface area contributed by atoms with Crippen LogP contribution in [0.3, 0.4) is 0 Å². The van der Waals surface area contributed by atoms with Crippen LogP contribution in [0.5, 0.6) is 0 Å². The molecule has 0 radical (unpaired) electrons. The summed E-state index contributed by atoms with van der Waals surface area (Å²) in [6.07, 6.45) is 4.31. The summed E-state index contributed by atoms with van der Waals surface area (Å²) in [6, 6.07) is 16.1. The zero-order valence-corrected chi connectivity index (χ0v) is 16.7. The van der Waals surface area contributed by atoms with Crippen LogP contribution in [0.2, 0.25) is 0 Å². The first kappa shape index (κ1) is 19.6. The molecule has 2 aromatic carbocycles. The number of piperidine rings is 1. The normalized spacial score (nSPS) is 19.8. The fourth-order valence-electron chi connectivity index (χ4n) is 4.59. The first-order chi connectivity index (χ1) is 14.1. The van der Waals surface area contributed by atoms with Crippen molar-refractivity contribution in [3.05, 3.63) is 65.2 Å². The lowest BCUT2D eigenvalue weighted by Gasteiger charge is -2.32. The lowest BCUT2D eigenvalue weighted by Crippen LogP contribution is -2.41. The third-order valence-corrected chi connectivity index (χ3v) is 6.15. The van der Waals surface area contributed by atoms with E-state index in [-0.39, 0.29) is 11.8 Å². The van der Waals surface area contributed by atoms with Crippen LogP contribution in [0.1, 0.15) is 40.7 Å². The number of hydrogen-bond donors (Lipinski definition) is 1. The van der Waals surface area contributed by atoms with Crippen molar-refractivity contribution in [2.45, 2.75) is 32.1 Å². The summed E-state index contributed by atoms with van der Waals surface area (Å²) < 4.78 is 0. The highest BCUT2D eigenvalue weighted by atomic mass is 16.4. The predicted molar refractivity (Wildman–Crippen MR) is 113 cm³/mol.